The maximum Gasteiger partial charge on any atom is 0.195 e. The summed E-state index contributed by atoms with van der Waals surface area (Å²) in [5, 5.41) is 3.64. The van der Waals surface area contributed by atoms with Crippen molar-refractivity contribution in [3.63, 3.8) is 0 Å². The van der Waals surface area contributed by atoms with Crippen molar-refractivity contribution >= 4 is 39.8 Å². The second-order valence-electron chi connectivity index (χ2n) is 7.72. The number of ether oxygens (including phenoxy) is 2. The van der Waals surface area contributed by atoms with E-state index in [0.29, 0.717) is 66.6 Å². The summed E-state index contributed by atoms with van der Waals surface area (Å²) in [5.74, 6) is -1.14. The molecular formula is C24H23ClF2N4O3. The Bertz CT molecular complexity index is 1230. The summed E-state index contributed by atoms with van der Waals surface area (Å²) in [6, 6.07) is 7.56. The number of halogens is 3. The zero-order valence-electron chi connectivity index (χ0n) is 18.5. The molecule has 0 amide bonds. The van der Waals surface area contributed by atoms with E-state index < -0.39 is 17.4 Å². The summed E-state index contributed by atoms with van der Waals surface area (Å²) in [4.78, 5) is 23.1. The highest BCUT2D eigenvalue weighted by molar-refractivity contribution is 6.31. The predicted molar refractivity (Wildman–Crippen MR) is 126 cm³/mol. The van der Waals surface area contributed by atoms with Gasteiger partial charge in [0.05, 0.1) is 30.9 Å². The molecule has 0 atom stereocenters. The summed E-state index contributed by atoms with van der Waals surface area (Å²) in [5.41, 5.74) is 1.57. The third kappa shape index (κ3) is 5.67. The van der Waals surface area contributed by atoms with Gasteiger partial charge in [-0.3, -0.25) is 9.69 Å². The number of ketones is 1. The van der Waals surface area contributed by atoms with E-state index in [4.69, 9.17) is 21.1 Å². The number of Topliss-reactive ketones (excluding diaryl/α,β-unsaturated/α-hetero) is 1. The summed E-state index contributed by atoms with van der Waals surface area (Å²) < 4.78 is 38.8. The van der Waals surface area contributed by atoms with Crippen LogP contribution < -0.4 is 10.1 Å². The molecule has 34 heavy (non-hydrogen) atoms. The van der Waals surface area contributed by atoms with Crippen molar-refractivity contribution in [2.24, 2.45) is 0 Å². The number of rotatable bonds is 8. The SMILES string of the molecule is COc1cc2ncnc(Nc3ccc(F)c(Cl)c3)c2cc1CC(=O)/C(F)=C\CN1CCOCC1. The van der Waals surface area contributed by atoms with Gasteiger partial charge in [-0.25, -0.2) is 18.7 Å². The molecule has 1 aromatic heterocycles. The molecular weight excluding hydrogens is 466 g/mol. The van der Waals surface area contributed by atoms with E-state index in [1.807, 2.05) is 4.90 Å². The second-order valence-corrected chi connectivity index (χ2v) is 8.13. The van der Waals surface area contributed by atoms with Crippen LogP contribution in [0.15, 0.2) is 48.6 Å². The van der Waals surface area contributed by atoms with Gasteiger partial charge >= 0.3 is 0 Å². The summed E-state index contributed by atoms with van der Waals surface area (Å²) in [6.07, 6.45) is 2.48. The van der Waals surface area contributed by atoms with Gasteiger partial charge in [-0.1, -0.05) is 11.6 Å². The molecule has 4 rings (SSSR count). The van der Waals surface area contributed by atoms with Gasteiger partial charge in [0.1, 0.15) is 23.7 Å². The van der Waals surface area contributed by atoms with Gasteiger partial charge < -0.3 is 14.8 Å². The largest absolute Gasteiger partial charge is 0.496 e. The standard InChI is InChI=1S/C24H23ClF2N4O3/c1-33-23-13-21-17(24(29-14-28-21)30-16-2-3-19(26)18(25)12-16)10-15(23)11-22(32)20(27)4-5-31-6-8-34-9-7-31/h2-4,10,12-14H,5-9,11H2,1H3,(H,28,29,30)/b20-4+. The molecule has 1 saturated heterocycles. The molecule has 0 aliphatic carbocycles. The monoisotopic (exact) mass is 488 g/mol. The first kappa shape index (κ1) is 24.0. The molecule has 3 aromatic rings. The van der Waals surface area contributed by atoms with Crippen LogP contribution in [0.5, 0.6) is 5.75 Å². The van der Waals surface area contributed by atoms with Crippen molar-refractivity contribution in [3.05, 3.63) is 65.0 Å². The summed E-state index contributed by atoms with van der Waals surface area (Å²) >= 11 is 5.87. The lowest BCUT2D eigenvalue weighted by atomic mass is 10.0. The van der Waals surface area contributed by atoms with Gasteiger partial charge in [0, 0.05) is 48.8 Å². The van der Waals surface area contributed by atoms with Crippen molar-refractivity contribution in [2.75, 3.05) is 45.3 Å². The van der Waals surface area contributed by atoms with Crippen LogP contribution in [0.4, 0.5) is 20.3 Å². The number of anilines is 2. The van der Waals surface area contributed by atoms with Gasteiger partial charge in [0.15, 0.2) is 11.6 Å². The number of carbonyl (C=O) groups excluding carboxylic acids is 1. The molecule has 0 bridgehead atoms. The summed E-state index contributed by atoms with van der Waals surface area (Å²) in [7, 11) is 1.47. The third-order valence-corrected chi connectivity index (χ3v) is 5.76. The van der Waals surface area contributed by atoms with Crippen molar-refractivity contribution in [2.45, 2.75) is 6.42 Å². The molecule has 7 nitrogen and oxygen atoms in total. The van der Waals surface area contributed by atoms with Gasteiger partial charge in [-0.05, 0) is 30.3 Å². The molecule has 1 N–H and O–H groups in total. The van der Waals surface area contributed by atoms with Crippen LogP contribution in [0.1, 0.15) is 5.56 Å². The number of hydrogen-bond acceptors (Lipinski definition) is 7. The molecule has 1 fully saturated rings. The van der Waals surface area contributed by atoms with Crippen molar-refractivity contribution in [3.8, 4) is 5.75 Å². The van der Waals surface area contributed by atoms with Crippen molar-refractivity contribution in [1.29, 1.82) is 0 Å². The van der Waals surface area contributed by atoms with E-state index in [0.717, 1.165) is 0 Å². The normalized spacial score (nSPS) is 14.9. The molecule has 2 heterocycles. The van der Waals surface area contributed by atoms with E-state index in [9.17, 15) is 13.6 Å². The molecule has 1 aliphatic rings. The Morgan fingerprint density at radius 3 is 2.79 bits per heavy atom. The van der Waals surface area contributed by atoms with Gasteiger partial charge in [0.2, 0.25) is 0 Å². The molecule has 1 aliphatic heterocycles. The molecule has 0 unspecified atom stereocenters. The number of nitrogens with one attached hydrogen (secondary N) is 1. The number of hydrogen-bond donors (Lipinski definition) is 1. The smallest absolute Gasteiger partial charge is 0.195 e. The van der Waals surface area contributed by atoms with Crippen LogP contribution >= 0.6 is 11.6 Å². The zero-order valence-corrected chi connectivity index (χ0v) is 19.2. The highest BCUT2D eigenvalue weighted by Gasteiger charge is 2.17. The molecule has 0 spiro atoms. The number of methoxy groups -OCH3 is 1. The molecule has 0 radical (unpaired) electrons. The fourth-order valence-corrected chi connectivity index (χ4v) is 3.81. The Hall–Kier alpha value is -3.14. The Morgan fingerprint density at radius 2 is 2.06 bits per heavy atom. The number of benzene rings is 2. The van der Waals surface area contributed by atoms with E-state index in [1.54, 1.807) is 12.1 Å². The maximum absolute atomic E-state index is 14.6. The van der Waals surface area contributed by atoms with E-state index in [-0.39, 0.29) is 11.4 Å². The quantitative estimate of drug-likeness (QED) is 0.469. The number of aromatic nitrogens is 2. The molecule has 10 heteroatoms. The van der Waals surface area contributed by atoms with E-state index >= 15 is 0 Å². The Balaban J connectivity index is 1.58. The van der Waals surface area contributed by atoms with Crippen LogP contribution in [0.2, 0.25) is 5.02 Å². The minimum Gasteiger partial charge on any atom is -0.496 e. The minimum absolute atomic E-state index is 0.0318. The van der Waals surface area contributed by atoms with E-state index in [1.165, 1.54) is 37.7 Å². The fraction of sp³-hybridized carbons (Fsp3) is 0.292. The lowest BCUT2D eigenvalue weighted by Crippen LogP contribution is -2.36. The van der Waals surface area contributed by atoms with Gasteiger partial charge in [0.25, 0.3) is 0 Å². The van der Waals surface area contributed by atoms with Crippen LogP contribution in [-0.2, 0) is 16.0 Å². The highest BCUT2D eigenvalue weighted by atomic mass is 35.5. The zero-order chi connectivity index (χ0) is 24.1. The lowest BCUT2D eigenvalue weighted by Gasteiger charge is -2.25. The second kappa shape index (κ2) is 10.9. The average molecular weight is 489 g/mol. The minimum atomic E-state index is -0.794. The molecule has 178 valence electrons. The van der Waals surface area contributed by atoms with Crippen LogP contribution in [0.25, 0.3) is 10.9 Å². The first-order valence-electron chi connectivity index (χ1n) is 10.7. The van der Waals surface area contributed by atoms with Crippen molar-refractivity contribution < 1.29 is 23.0 Å². The average Bonchev–Trinajstić information content (AvgIpc) is 2.85. The van der Waals surface area contributed by atoms with Crippen molar-refractivity contribution in [1.82, 2.24) is 14.9 Å². The van der Waals surface area contributed by atoms with Gasteiger partial charge in [-0.15, -0.1) is 0 Å². The van der Waals surface area contributed by atoms with E-state index in [2.05, 4.69) is 15.3 Å². The first-order valence-corrected chi connectivity index (χ1v) is 11.0. The number of morpholine rings is 1. The van der Waals surface area contributed by atoms with Gasteiger partial charge in [-0.2, -0.15) is 0 Å². The fourth-order valence-electron chi connectivity index (χ4n) is 3.63. The summed E-state index contributed by atoms with van der Waals surface area (Å²) in [6.45, 7) is 2.94. The maximum atomic E-state index is 14.6. The molecule has 0 saturated carbocycles. The number of carbonyl (C=O) groups is 1. The van der Waals surface area contributed by atoms with Crippen LogP contribution in [0.3, 0.4) is 0 Å². The van der Waals surface area contributed by atoms with Crippen LogP contribution in [0, 0.1) is 5.82 Å². The topological polar surface area (TPSA) is 76.6 Å². The highest BCUT2D eigenvalue weighted by Crippen LogP contribution is 2.31. The Labute approximate surface area is 200 Å². The Morgan fingerprint density at radius 1 is 1.26 bits per heavy atom. The predicted octanol–water partition coefficient (Wildman–Crippen LogP) is 4.47. The first-order chi connectivity index (χ1) is 16.4. The number of fused-ring (bicyclic) bond motifs is 1. The van der Waals surface area contributed by atoms with Crippen LogP contribution in [-0.4, -0.2) is 60.6 Å². The Kier molecular flexibility index (Phi) is 7.66. The number of allylic oxidation sites excluding steroid dienone is 1. The lowest BCUT2D eigenvalue weighted by molar-refractivity contribution is -0.116. The number of nitrogens with zero attached hydrogens (tertiary/aromatic N) is 3. The third-order valence-electron chi connectivity index (χ3n) is 5.47. The molecule has 2 aromatic carbocycles.